The monoisotopic (exact) mass is 354 g/mol. The lowest BCUT2D eigenvalue weighted by Crippen LogP contribution is -2.14. The van der Waals surface area contributed by atoms with Gasteiger partial charge in [0.1, 0.15) is 0 Å². The van der Waals surface area contributed by atoms with E-state index >= 15 is 0 Å². The zero-order valence-electron chi connectivity index (χ0n) is 11.1. The molecule has 2 aromatic carbocycles. The maximum Gasteiger partial charge on any atom is 0.261 e. The van der Waals surface area contributed by atoms with Gasteiger partial charge < -0.3 is 5.73 Å². The van der Waals surface area contributed by atoms with Crippen LogP contribution >= 0.6 is 15.9 Å². The van der Waals surface area contributed by atoms with Crippen LogP contribution in [-0.2, 0) is 10.0 Å². The molecule has 0 unspecified atom stereocenters. The fraction of sp³-hybridized carbons (Fsp3) is 0.143. The van der Waals surface area contributed by atoms with Gasteiger partial charge in [-0.25, -0.2) is 8.42 Å². The molecular weight excluding hydrogens is 340 g/mol. The summed E-state index contributed by atoms with van der Waals surface area (Å²) in [6.07, 6.45) is 0. The Labute approximate surface area is 127 Å². The largest absolute Gasteiger partial charge is 0.398 e. The Kier molecular flexibility index (Phi) is 4.06. The van der Waals surface area contributed by atoms with Crippen molar-refractivity contribution in [1.29, 1.82) is 0 Å². The molecule has 0 heterocycles. The summed E-state index contributed by atoms with van der Waals surface area (Å²) in [7, 11) is -3.62. The van der Waals surface area contributed by atoms with Crippen LogP contribution in [0.5, 0.6) is 0 Å². The number of sulfonamides is 1. The first-order valence-electron chi connectivity index (χ1n) is 5.95. The van der Waals surface area contributed by atoms with Gasteiger partial charge >= 0.3 is 0 Å². The van der Waals surface area contributed by atoms with Crippen molar-refractivity contribution in [3.8, 4) is 0 Å². The Morgan fingerprint density at radius 1 is 1.10 bits per heavy atom. The summed E-state index contributed by atoms with van der Waals surface area (Å²) in [5.41, 5.74) is 8.63. The second-order valence-corrected chi connectivity index (χ2v) is 7.18. The Hall–Kier alpha value is -1.53. The maximum absolute atomic E-state index is 12.3. The fourth-order valence-electron chi connectivity index (χ4n) is 1.82. The van der Waals surface area contributed by atoms with Crippen LogP contribution in [0, 0.1) is 13.8 Å². The summed E-state index contributed by atoms with van der Waals surface area (Å²) in [4.78, 5) is 0.199. The number of hydrogen-bond donors (Lipinski definition) is 2. The van der Waals surface area contributed by atoms with Crippen LogP contribution in [0.4, 0.5) is 11.4 Å². The molecule has 2 aromatic rings. The van der Waals surface area contributed by atoms with Gasteiger partial charge in [-0.2, -0.15) is 0 Å². The summed E-state index contributed by atoms with van der Waals surface area (Å²) in [6.45, 7) is 3.72. The van der Waals surface area contributed by atoms with Gasteiger partial charge in [-0.1, -0.05) is 28.1 Å². The van der Waals surface area contributed by atoms with Crippen molar-refractivity contribution in [1.82, 2.24) is 0 Å². The molecule has 0 aromatic heterocycles. The molecule has 4 nitrogen and oxygen atoms in total. The van der Waals surface area contributed by atoms with E-state index in [-0.39, 0.29) is 4.90 Å². The summed E-state index contributed by atoms with van der Waals surface area (Å²) < 4.78 is 27.9. The molecule has 0 amide bonds. The third kappa shape index (κ3) is 3.13. The first-order chi connectivity index (χ1) is 9.29. The van der Waals surface area contributed by atoms with E-state index in [9.17, 15) is 8.42 Å². The highest BCUT2D eigenvalue weighted by Crippen LogP contribution is 2.25. The van der Waals surface area contributed by atoms with E-state index in [4.69, 9.17) is 5.73 Å². The zero-order valence-corrected chi connectivity index (χ0v) is 13.5. The maximum atomic E-state index is 12.3. The number of benzene rings is 2. The Morgan fingerprint density at radius 3 is 2.45 bits per heavy atom. The van der Waals surface area contributed by atoms with E-state index in [0.717, 1.165) is 11.1 Å². The number of halogens is 1. The van der Waals surface area contributed by atoms with E-state index in [1.807, 2.05) is 19.9 Å². The molecule has 0 atom stereocenters. The lowest BCUT2D eigenvalue weighted by atomic mass is 10.1. The highest BCUT2D eigenvalue weighted by Gasteiger charge is 2.16. The van der Waals surface area contributed by atoms with Gasteiger partial charge in [0.25, 0.3) is 10.0 Å². The van der Waals surface area contributed by atoms with Crippen molar-refractivity contribution in [2.75, 3.05) is 10.5 Å². The van der Waals surface area contributed by atoms with Crippen LogP contribution in [0.15, 0.2) is 45.8 Å². The molecule has 0 radical (unpaired) electrons. The Balaban J connectivity index is 2.41. The van der Waals surface area contributed by atoms with Gasteiger partial charge in [0.2, 0.25) is 0 Å². The number of aryl methyl sites for hydroxylation is 2. The van der Waals surface area contributed by atoms with E-state index in [1.165, 1.54) is 0 Å². The lowest BCUT2D eigenvalue weighted by Gasteiger charge is -2.13. The van der Waals surface area contributed by atoms with Gasteiger partial charge in [-0.3, -0.25) is 4.72 Å². The molecule has 0 aliphatic heterocycles. The van der Waals surface area contributed by atoms with Crippen LogP contribution in [0.25, 0.3) is 0 Å². The third-order valence-corrected chi connectivity index (χ3v) is 4.82. The predicted octanol–water partition coefficient (Wildman–Crippen LogP) is 3.45. The van der Waals surface area contributed by atoms with Crippen LogP contribution in [-0.4, -0.2) is 8.42 Å². The van der Waals surface area contributed by atoms with Crippen LogP contribution < -0.4 is 10.5 Å². The molecular formula is C14H15BrN2O2S. The summed E-state index contributed by atoms with van der Waals surface area (Å²) in [5, 5.41) is 0. The van der Waals surface area contributed by atoms with Crippen molar-refractivity contribution in [3.63, 3.8) is 0 Å². The van der Waals surface area contributed by atoms with Crippen molar-refractivity contribution in [2.45, 2.75) is 18.7 Å². The quantitative estimate of drug-likeness (QED) is 0.829. The molecule has 0 saturated heterocycles. The molecule has 0 saturated carbocycles. The predicted molar refractivity (Wildman–Crippen MR) is 85.3 cm³/mol. The van der Waals surface area contributed by atoms with Gasteiger partial charge in [0, 0.05) is 10.2 Å². The molecule has 3 N–H and O–H groups in total. The van der Waals surface area contributed by atoms with Crippen LogP contribution in [0.1, 0.15) is 11.1 Å². The third-order valence-electron chi connectivity index (χ3n) is 2.96. The van der Waals surface area contributed by atoms with Crippen LogP contribution in [0.2, 0.25) is 0 Å². The number of anilines is 2. The van der Waals surface area contributed by atoms with Gasteiger partial charge in [0.15, 0.2) is 0 Å². The Bertz CT molecular complexity index is 758. The molecule has 106 valence electrons. The van der Waals surface area contributed by atoms with Crippen LogP contribution in [0.3, 0.4) is 0 Å². The lowest BCUT2D eigenvalue weighted by molar-refractivity contribution is 0.601. The fourth-order valence-corrected chi connectivity index (χ4v) is 3.53. The first kappa shape index (κ1) is 14.9. The molecule has 20 heavy (non-hydrogen) atoms. The topological polar surface area (TPSA) is 72.2 Å². The molecule has 0 spiro atoms. The highest BCUT2D eigenvalue weighted by atomic mass is 79.9. The molecule has 2 rings (SSSR count). The van der Waals surface area contributed by atoms with E-state index in [0.29, 0.717) is 15.8 Å². The summed E-state index contributed by atoms with van der Waals surface area (Å²) >= 11 is 3.26. The standard InChI is InChI=1S/C14H15BrN2O2S/c1-9-6-10(2)14(8-13(9)16)17-20(18,19)12-5-3-4-11(15)7-12/h3-8,17H,16H2,1-2H3. The number of rotatable bonds is 3. The van der Waals surface area contributed by atoms with E-state index in [2.05, 4.69) is 20.7 Å². The Morgan fingerprint density at radius 2 is 1.80 bits per heavy atom. The number of hydrogen-bond acceptors (Lipinski definition) is 3. The van der Waals surface area contributed by atoms with Gasteiger partial charge in [-0.15, -0.1) is 0 Å². The molecule has 0 bridgehead atoms. The second kappa shape index (κ2) is 5.46. The minimum Gasteiger partial charge on any atom is -0.398 e. The van der Waals surface area contributed by atoms with Gasteiger partial charge in [0.05, 0.1) is 10.6 Å². The van der Waals surface area contributed by atoms with Crippen molar-refractivity contribution >= 4 is 37.3 Å². The first-order valence-corrected chi connectivity index (χ1v) is 8.22. The van der Waals surface area contributed by atoms with Gasteiger partial charge in [-0.05, 0) is 49.2 Å². The number of nitrogens with one attached hydrogen (secondary N) is 1. The smallest absolute Gasteiger partial charge is 0.261 e. The zero-order chi connectivity index (χ0) is 14.9. The SMILES string of the molecule is Cc1cc(C)c(NS(=O)(=O)c2cccc(Br)c2)cc1N. The molecule has 6 heteroatoms. The normalized spacial score (nSPS) is 11.3. The molecule has 0 aliphatic rings. The number of nitrogen functional groups attached to an aromatic ring is 1. The molecule has 0 aliphatic carbocycles. The molecule has 0 fully saturated rings. The van der Waals surface area contributed by atoms with E-state index in [1.54, 1.807) is 30.3 Å². The van der Waals surface area contributed by atoms with Crippen molar-refractivity contribution < 1.29 is 8.42 Å². The second-order valence-electron chi connectivity index (χ2n) is 4.59. The number of nitrogens with two attached hydrogens (primary N) is 1. The van der Waals surface area contributed by atoms with Crippen molar-refractivity contribution in [3.05, 3.63) is 52.0 Å². The average molecular weight is 355 g/mol. The van der Waals surface area contributed by atoms with Crippen molar-refractivity contribution in [2.24, 2.45) is 0 Å². The summed E-state index contributed by atoms with van der Waals surface area (Å²) in [6, 6.07) is 10.0. The highest BCUT2D eigenvalue weighted by molar-refractivity contribution is 9.10. The summed E-state index contributed by atoms with van der Waals surface area (Å²) in [5.74, 6) is 0. The minimum atomic E-state index is -3.62. The minimum absolute atomic E-state index is 0.199. The van der Waals surface area contributed by atoms with E-state index < -0.39 is 10.0 Å². The average Bonchev–Trinajstić information content (AvgIpc) is 2.36.